The Bertz CT molecular complexity index is 910. The Kier molecular flexibility index (Phi) is 4.80. The molecule has 0 saturated carbocycles. The van der Waals surface area contributed by atoms with Crippen LogP contribution in [0.5, 0.6) is 11.5 Å². The fourth-order valence-electron chi connectivity index (χ4n) is 2.23. The Labute approximate surface area is 148 Å². The molecule has 1 amide bonds. The third kappa shape index (κ3) is 3.53. The average molecular weight is 357 g/mol. The van der Waals surface area contributed by atoms with E-state index in [1.165, 1.54) is 23.6 Å². The highest BCUT2D eigenvalue weighted by molar-refractivity contribution is 7.14. The van der Waals surface area contributed by atoms with Crippen LogP contribution in [0.1, 0.15) is 10.5 Å². The summed E-state index contributed by atoms with van der Waals surface area (Å²) in [7, 11) is 3.15. The van der Waals surface area contributed by atoms with Gasteiger partial charge in [0.05, 0.1) is 19.9 Å². The van der Waals surface area contributed by atoms with Crippen LogP contribution in [0.15, 0.2) is 48.0 Å². The molecule has 0 saturated heterocycles. The zero-order valence-corrected chi connectivity index (χ0v) is 14.4. The van der Waals surface area contributed by atoms with E-state index >= 15 is 0 Å². The smallest absolute Gasteiger partial charge is 0.323 e. The van der Waals surface area contributed by atoms with E-state index in [2.05, 4.69) is 10.3 Å². The Hall–Kier alpha value is -3.13. The predicted molar refractivity (Wildman–Crippen MR) is 94.0 cm³/mol. The number of carbonyl (C=O) groups excluding carboxylic acids is 1. The van der Waals surface area contributed by atoms with Crippen molar-refractivity contribution in [2.75, 3.05) is 19.5 Å². The first kappa shape index (κ1) is 16.7. The van der Waals surface area contributed by atoms with Gasteiger partial charge in [0.25, 0.3) is 5.69 Å². The molecule has 1 N–H and O–H groups in total. The van der Waals surface area contributed by atoms with Gasteiger partial charge in [-0.15, -0.1) is 11.3 Å². The number of hydrogen-bond acceptors (Lipinski definition) is 6. The summed E-state index contributed by atoms with van der Waals surface area (Å²) >= 11 is 1.26. The van der Waals surface area contributed by atoms with Gasteiger partial charge in [0.15, 0.2) is 11.3 Å². The quantitative estimate of drug-likeness (QED) is 0.560. The number of carbonyl (C=O) groups is 1. The van der Waals surface area contributed by atoms with E-state index in [1.807, 2.05) is 6.07 Å². The van der Waals surface area contributed by atoms with Gasteiger partial charge < -0.3 is 14.7 Å². The number of ether oxygens (including phenoxy) is 2. The molecule has 0 aliphatic heterocycles. The van der Waals surface area contributed by atoms with Crippen LogP contribution in [-0.4, -0.2) is 25.1 Å². The third-order valence-electron chi connectivity index (χ3n) is 3.46. The monoisotopic (exact) mass is 357 g/mol. The van der Waals surface area contributed by atoms with Crippen LogP contribution < -0.4 is 19.5 Å². The number of aromatic nitrogens is 2. The third-order valence-corrected chi connectivity index (χ3v) is 4.22. The number of thiazole rings is 1. The van der Waals surface area contributed by atoms with Crippen LogP contribution in [0.4, 0.5) is 5.13 Å². The van der Waals surface area contributed by atoms with Gasteiger partial charge >= 0.3 is 5.91 Å². The first-order chi connectivity index (χ1) is 12.1. The van der Waals surface area contributed by atoms with Gasteiger partial charge in [-0.1, -0.05) is 0 Å². The maximum Gasteiger partial charge on any atom is 0.323 e. The molecule has 0 bridgehead atoms. The number of rotatable bonds is 5. The van der Waals surface area contributed by atoms with Crippen molar-refractivity contribution in [2.45, 2.75) is 0 Å². The molecular formula is C17H15N3O4S. The number of nitrogens with zero attached hydrogens (tertiary/aromatic N) is 2. The Morgan fingerprint density at radius 1 is 1.24 bits per heavy atom. The normalized spacial score (nSPS) is 10.3. The largest absolute Gasteiger partial charge is 0.618 e. The lowest BCUT2D eigenvalue weighted by Gasteiger charge is -2.08. The summed E-state index contributed by atoms with van der Waals surface area (Å²) in [6, 6.07) is 10.0. The number of hydrogen-bond donors (Lipinski definition) is 1. The van der Waals surface area contributed by atoms with Gasteiger partial charge in [0, 0.05) is 23.1 Å². The summed E-state index contributed by atoms with van der Waals surface area (Å²) in [4.78, 5) is 16.6. The van der Waals surface area contributed by atoms with Crippen molar-refractivity contribution in [2.24, 2.45) is 0 Å². The Balaban J connectivity index is 1.86. The maximum atomic E-state index is 12.2. The summed E-state index contributed by atoms with van der Waals surface area (Å²) in [5, 5.41) is 16.4. The molecular weight excluding hydrogens is 342 g/mol. The molecule has 0 atom stereocenters. The number of amides is 1. The molecule has 7 nitrogen and oxygen atoms in total. The molecule has 2 heterocycles. The standard InChI is InChI=1S/C17H15N3O4S/c1-23-11-6-7-15(24-2)12(9-11)13-10-25-17(18-13)19-16(21)14-5-3-4-8-20(14)22/h3-10H,1-2H3,(H,18,19,21). The Morgan fingerprint density at radius 3 is 2.80 bits per heavy atom. The molecule has 1 aromatic carbocycles. The molecule has 0 unspecified atom stereocenters. The number of anilines is 1. The second-order valence-corrected chi connectivity index (χ2v) is 5.83. The van der Waals surface area contributed by atoms with E-state index in [4.69, 9.17) is 9.47 Å². The average Bonchev–Trinajstić information content (AvgIpc) is 3.09. The molecule has 128 valence electrons. The summed E-state index contributed by atoms with van der Waals surface area (Å²) in [6.07, 6.45) is 1.27. The fourth-order valence-corrected chi connectivity index (χ4v) is 2.94. The molecule has 2 aromatic heterocycles. The van der Waals surface area contributed by atoms with Gasteiger partial charge in [0.2, 0.25) is 0 Å². The van der Waals surface area contributed by atoms with Crippen molar-refractivity contribution >= 4 is 22.4 Å². The molecule has 0 spiro atoms. The van der Waals surface area contributed by atoms with Crippen molar-refractivity contribution in [1.82, 2.24) is 4.98 Å². The Morgan fingerprint density at radius 2 is 2.08 bits per heavy atom. The topological polar surface area (TPSA) is 87.4 Å². The van der Waals surface area contributed by atoms with Crippen molar-refractivity contribution in [3.8, 4) is 22.8 Å². The number of pyridine rings is 1. The first-order valence-electron chi connectivity index (χ1n) is 7.30. The molecule has 0 fully saturated rings. The van der Waals surface area contributed by atoms with Crippen LogP contribution in [0, 0.1) is 5.21 Å². The van der Waals surface area contributed by atoms with Gasteiger partial charge in [-0.3, -0.25) is 10.1 Å². The minimum absolute atomic E-state index is 0.00166. The lowest BCUT2D eigenvalue weighted by Crippen LogP contribution is -2.36. The minimum Gasteiger partial charge on any atom is -0.618 e. The van der Waals surface area contributed by atoms with Gasteiger partial charge in [-0.25, -0.2) is 4.98 Å². The van der Waals surface area contributed by atoms with Gasteiger partial charge in [0.1, 0.15) is 11.5 Å². The molecule has 25 heavy (non-hydrogen) atoms. The lowest BCUT2D eigenvalue weighted by atomic mass is 10.1. The van der Waals surface area contributed by atoms with E-state index in [0.29, 0.717) is 27.1 Å². The van der Waals surface area contributed by atoms with Crippen molar-refractivity contribution < 1.29 is 19.0 Å². The highest BCUT2D eigenvalue weighted by Crippen LogP contribution is 2.35. The summed E-state index contributed by atoms with van der Waals surface area (Å²) in [5.41, 5.74) is 1.38. The van der Waals surface area contributed by atoms with E-state index < -0.39 is 5.91 Å². The minimum atomic E-state index is -0.519. The number of nitrogens with one attached hydrogen (secondary N) is 1. The predicted octanol–water partition coefficient (Wildman–Crippen LogP) is 2.71. The molecule has 0 aliphatic carbocycles. The van der Waals surface area contributed by atoms with Crippen LogP contribution in [0.2, 0.25) is 0 Å². The lowest BCUT2D eigenvalue weighted by molar-refractivity contribution is -0.607. The zero-order chi connectivity index (χ0) is 17.8. The first-order valence-corrected chi connectivity index (χ1v) is 8.18. The molecule has 0 radical (unpaired) electrons. The highest BCUT2D eigenvalue weighted by atomic mass is 32.1. The van der Waals surface area contributed by atoms with E-state index in [-0.39, 0.29) is 5.69 Å². The highest BCUT2D eigenvalue weighted by Gasteiger charge is 2.18. The van der Waals surface area contributed by atoms with Crippen molar-refractivity contribution in [1.29, 1.82) is 0 Å². The molecule has 3 aromatic rings. The van der Waals surface area contributed by atoms with E-state index in [9.17, 15) is 10.0 Å². The van der Waals surface area contributed by atoms with E-state index in [0.717, 1.165) is 5.56 Å². The maximum absolute atomic E-state index is 12.2. The van der Waals surface area contributed by atoms with Crippen molar-refractivity contribution in [3.05, 3.63) is 58.9 Å². The molecule has 8 heteroatoms. The van der Waals surface area contributed by atoms with Gasteiger partial charge in [-0.2, -0.15) is 4.73 Å². The summed E-state index contributed by atoms with van der Waals surface area (Å²) in [5.74, 6) is 0.796. The van der Waals surface area contributed by atoms with Crippen LogP contribution in [0.3, 0.4) is 0 Å². The molecule has 3 rings (SSSR count). The van der Waals surface area contributed by atoms with E-state index in [1.54, 1.807) is 43.9 Å². The summed E-state index contributed by atoms with van der Waals surface area (Å²) < 4.78 is 11.1. The van der Waals surface area contributed by atoms with Crippen LogP contribution in [-0.2, 0) is 0 Å². The second kappa shape index (κ2) is 7.18. The van der Waals surface area contributed by atoms with Crippen molar-refractivity contribution in [3.63, 3.8) is 0 Å². The number of methoxy groups -OCH3 is 2. The molecule has 0 aliphatic rings. The summed E-state index contributed by atoms with van der Waals surface area (Å²) in [6.45, 7) is 0. The second-order valence-electron chi connectivity index (χ2n) is 4.97. The van der Waals surface area contributed by atoms with Gasteiger partial charge in [-0.05, 0) is 24.3 Å². The number of benzene rings is 1. The SMILES string of the molecule is COc1ccc(OC)c(-c2csc(NC(=O)c3cccc[n+]3[O-])n2)c1. The fraction of sp³-hybridized carbons (Fsp3) is 0.118. The van der Waals surface area contributed by atoms with Crippen LogP contribution in [0.25, 0.3) is 11.3 Å². The van der Waals surface area contributed by atoms with Crippen LogP contribution >= 0.6 is 11.3 Å². The zero-order valence-electron chi connectivity index (χ0n) is 13.6.